The minimum absolute atomic E-state index is 0.0920. The Morgan fingerprint density at radius 3 is 2.33 bits per heavy atom. The Kier molecular flexibility index (Phi) is 4.38. The zero-order valence-electron chi connectivity index (χ0n) is 13.8. The van der Waals surface area contributed by atoms with Crippen molar-refractivity contribution in [1.82, 2.24) is 4.90 Å². The van der Waals surface area contributed by atoms with Crippen molar-refractivity contribution < 1.29 is 14.7 Å². The second-order valence-electron chi connectivity index (χ2n) is 6.61. The third-order valence-electron chi connectivity index (χ3n) is 4.41. The highest BCUT2D eigenvalue weighted by molar-refractivity contribution is 6.00. The molecule has 4 heteroatoms. The Morgan fingerprint density at radius 1 is 1.08 bits per heavy atom. The highest BCUT2D eigenvalue weighted by Gasteiger charge is 2.44. The quantitative estimate of drug-likeness (QED) is 0.933. The predicted octanol–water partition coefficient (Wildman–Crippen LogP) is 3.71. The van der Waals surface area contributed by atoms with Gasteiger partial charge in [0.05, 0.1) is 6.04 Å². The van der Waals surface area contributed by atoms with Gasteiger partial charge in [0.25, 0.3) is 5.91 Å². The van der Waals surface area contributed by atoms with Crippen LogP contribution in [-0.4, -0.2) is 28.4 Å². The molecule has 4 nitrogen and oxygen atoms in total. The van der Waals surface area contributed by atoms with Crippen LogP contribution in [0.1, 0.15) is 47.3 Å². The number of amides is 1. The van der Waals surface area contributed by atoms with Crippen LogP contribution in [0.3, 0.4) is 0 Å². The predicted molar refractivity (Wildman–Crippen MR) is 91.9 cm³/mol. The minimum Gasteiger partial charge on any atom is -0.481 e. The number of carboxylic acid groups (broad SMARTS) is 1. The van der Waals surface area contributed by atoms with Crippen LogP contribution in [0.4, 0.5) is 0 Å². The number of nitrogens with zero attached hydrogens (tertiary/aromatic N) is 1. The average Bonchev–Trinajstić information content (AvgIpc) is 2.57. The summed E-state index contributed by atoms with van der Waals surface area (Å²) in [6.07, 6.45) is 0. The van der Waals surface area contributed by atoms with Crippen LogP contribution in [0.25, 0.3) is 0 Å². The van der Waals surface area contributed by atoms with E-state index in [0.717, 1.165) is 5.56 Å². The highest BCUT2D eigenvalue weighted by atomic mass is 16.4. The summed E-state index contributed by atoms with van der Waals surface area (Å²) in [5, 5.41) is 9.92. The van der Waals surface area contributed by atoms with E-state index in [9.17, 15) is 14.7 Å². The molecular weight excluding hydrogens is 302 g/mol. The molecule has 0 fully saturated rings. The van der Waals surface area contributed by atoms with Crippen LogP contribution in [0, 0.1) is 5.92 Å². The number of carbonyl (C=O) groups excluding carboxylic acids is 1. The molecular formula is C20H21NO3. The van der Waals surface area contributed by atoms with Crippen LogP contribution in [0.2, 0.25) is 0 Å². The summed E-state index contributed by atoms with van der Waals surface area (Å²) >= 11 is 0. The van der Waals surface area contributed by atoms with Gasteiger partial charge in [-0.3, -0.25) is 9.59 Å². The summed E-state index contributed by atoms with van der Waals surface area (Å²) in [7, 11) is 0. The third kappa shape index (κ3) is 2.80. The lowest BCUT2D eigenvalue weighted by atomic mass is 9.79. The molecule has 1 N–H and O–H groups in total. The largest absolute Gasteiger partial charge is 0.481 e. The summed E-state index contributed by atoms with van der Waals surface area (Å²) in [5.41, 5.74) is 1.95. The van der Waals surface area contributed by atoms with Gasteiger partial charge in [0.15, 0.2) is 0 Å². The summed E-state index contributed by atoms with van der Waals surface area (Å²) < 4.78 is 0. The third-order valence-corrected chi connectivity index (χ3v) is 4.41. The molecule has 0 radical (unpaired) electrons. The van der Waals surface area contributed by atoms with Gasteiger partial charge in [0, 0.05) is 12.1 Å². The fourth-order valence-corrected chi connectivity index (χ4v) is 3.47. The maximum Gasteiger partial charge on any atom is 0.313 e. The molecule has 1 aliphatic heterocycles. The molecule has 2 aromatic carbocycles. The first-order valence-electron chi connectivity index (χ1n) is 8.18. The first-order valence-corrected chi connectivity index (χ1v) is 8.18. The number of benzene rings is 2. The molecule has 1 heterocycles. The van der Waals surface area contributed by atoms with Crippen molar-refractivity contribution in [2.75, 3.05) is 6.54 Å². The summed E-state index contributed by atoms with van der Waals surface area (Å²) in [4.78, 5) is 26.9. The first-order chi connectivity index (χ1) is 11.5. The van der Waals surface area contributed by atoms with Crippen molar-refractivity contribution in [3.63, 3.8) is 0 Å². The van der Waals surface area contributed by atoms with E-state index < -0.39 is 17.9 Å². The monoisotopic (exact) mass is 323 g/mol. The fourth-order valence-electron chi connectivity index (χ4n) is 3.47. The Balaban J connectivity index is 2.20. The Labute approximate surface area is 141 Å². The molecule has 24 heavy (non-hydrogen) atoms. The molecule has 0 saturated carbocycles. The standard InChI is InChI=1S/C20H21NO3/c1-13(2)12-21-18(14-8-4-3-5-9-14)17(20(23)24)15-10-6-7-11-16(15)19(21)22/h3-11,13,17-18H,12H2,1-2H3,(H,23,24)/t17-,18+/m0/s1. The number of hydrogen-bond acceptors (Lipinski definition) is 2. The maximum atomic E-state index is 13.0. The van der Waals surface area contributed by atoms with E-state index in [-0.39, 0.29) is 11.8 Å². The van der Waals surface area contributed by atoms with Crippen molar-refractivity contribution in [3.05, 3.63) is 71.3 Å². The molecule has 0 unspecified atom stereocenters. The number of hydrogen-bond donors (Lipinski definition) is 1. The van der Waals surface area contributed by atoms with Crippen molar-refractivity contribution in [2.45, 2.75) is 25.8 Å². The van der Waals surface area contributed by atoms with Crippen LogP contribution < -0.4 is 0 Å². The van der Waals surface area contributed by atoms with E-state index in [1.54, 1.807) is 29.2 Å². The number of carbonyl (C=O) groups is 2. The van der Waals surface area contributed by atoms with Gasteiger partial charge in [-0.25, -0.2) is 0 Å². The lowest BCUT2D eigenvalue weighted by molar-refractivity contribution is -0.140. The number of carboxylic acids is 1. The van der Waals surface area contributed by atoms with Crippen molar-refractivity contribution in [3.8, 4) is 0 Å². The normalized spacial score (nSPS) is 20.1. The molecule has 0 bridgehead atoms. The van der Waals surface area contributed by atoms with E-state index in [1.807, 2.05) is 44.2 Å². The van der Waals surface area contributed by atoms with Gasteiger partial charge < -0.3 is 10.0 Å². The van der Waals surface area contributed by atoms with E-state index in [2.05, 4.69) is 0 Å². The van der Waals surface area contributed by atoms with Gasteiger partial charge in [0.1, 0.15) is 5.92 Å². The summed E-state index contributed by atoms with van der Waals surface area (Å²) in [6.45, 7) is 4.59. The van der Waals surface area contributed by atoms with Gasteiger partial charge >= 0.3 is 5.97 Å². The first kappa shape index (κ1) is 16.2. The highest BCUT2D eigenvalue weighted by Crippen LogP contribution is 2.43. The average molecular weight is 323 g/mol. The van der Waals surface area contributed by atoms with Gasteiger partial charge in [-0.05, 0) is 23.1 Å². The van der Waals surface area contributed by atoms with Crippen molar-refractivity contribution >= 4 is 11.9 Å². The smallest absolute Gasteiger partial charge is 0.313 e. The van der Waals surface area contributed by atoms with Crippen molar-refractivity contribution in [2.24, 2.45) is 5.92 Å². The number of fused-ring (bicyclic) bond motifs is 1. The SMILES string of the molecule is CC(C)CN1C(=O)c2ccccc2[C@H](C(=O)O)[C@H]1c1ccccc1. The van der Waals surface area contributed by atoms with E-state index in [0.29, 0.717) is 17.7 Å². The van der Waals surface area contributed by atoms with Gasteiger partial charge in [-0.2, -0.15) is 0 Å². The molecule has 124 valence electrons. The zero-order chi connectivity index (χ0) is 17.3. The summed E-state index contributed by atoms with van der Waals surface area (Å²) in [6, 6.07) is 16.0. The van der Waals surface area contributed by atoms with Gasteiger partial charge in [0.2, 0.25) is 0 Å². The molecule has 0 saturated heterocycles. The fraction of sp³-hybridized carbons (Fsp3) is 0.300. The Bertz CT molecular complexity index is 754. The van der Waals surface area contributed by atoms with Crippen LogP contribution in [0.5, 0.6) is 0 Å². The Morgan fingerprint density at radius 2 is 1.71 bits per heavy atom. The number of aliphatic carboxylic acids is 1. The van der Waals surface area contributed by atoms with E-state index >= 15 is 0 Å². The number of rotatable bonds is 4. The topological polar surface area (TPSA) is 57.6 Å². The molecule has 0 spiro atoms. The van der Waals surface area contributed by atoms with E-state index in [1.165, 1.54) is 0 Å². The lowest BCUT2D eigenvalue weighted by Gasteiger charge is -2.41. The molecule has 2 atom stereocenters. The molecule has 0 aromatic heterocycles. The van der Waals surface area contributed by atoms with Crippen LogP contribution >= 0.6 is 0 Å². The van der Waals surface area contributed by atoms with Gasteiger partial charge in [-0.15, -0.1) is 0 Å². The second kappa shape index (κ2) is 6.48. The van der Waals surface area contributed by atoms with E-state index in [4.69, 9.17) is 0 Å². The van der Waals surface area contributed by atoms with Crippen LogP contribution in [0.15, 0.2) is 54.6 Å². The molecule has 3 rings (SSSR count). The second-order valence-corrected chi connectivity index (χ2v) is 6.61. The lowest BCUT2D eigenvalue weighted by Crippen LogP contribution is -2.46. The Hall–Kier alpha value is -2.62. The molecule has 1 aliphatic rings. The maximum absolute atomic E-state index is 13.0. The van der Waals surface area contributed by atoms with Crippen molar-refractivity contribution in [1.29, 1.82) is 0 Å². The molecule has 1 amide bonds. The minimum atomic E-state index is -0.905. The summed E-state index contributed by atoms with van der Waals surface area (Å²) in [5.74, 6) is -1.51. The molecule has 0 aliphatic carbocycles. The van der Waals surface area contributed by atoms with Gasteiger partial charge in [-0.1, -0.05) is 62.4 Å². The zero-order valence-corrected chi connectivity index (χ0v) is 13.8. The van der Waals surface area contributed by atoms with Crippen LogP contribution in [-0.2, 0) is 4.79 Å². The molecule has 2 aromatic rings.